The van der Waals surface area contributed by atoms with Crippen LogP contribution in [0.1, 0.15) is 16.8 Å². The second kappa shape index (κ2) is 7.96. The Morgan fingerprint density at radius 2 is 1.89 bits per heavy atom. The predicted molar refractivity (Wildman–Crippen MR) is 101 cm³/mol. The number of imide groups is 1. The minimum absolute atomic E-state index is 0.0989. The summed E-state index contributed by atoms with van der Waals surface area (Å²) in [5, 5.41) is 0.770. The SMILES string of the molecule is COc1ccc(Cl)cc1C(=O)NNC1CC(=O)N(c2cccc(Cl)c2)C1=O. The van der Waals surface area contributed by atoms with Crippen molar-refractivity contribution < 1.29 is 19.1 Å². The average molecular weight is 408 g/mol. The van der Waals surface area contributed by atoms with Gasteiger partial charge >= 0.3 is 0 Å². The number of carbonyl (C=O) groups is 3. The van der Waals surface area contributed by atoms with Gasteiger partial charge in [-0.2, -0.15) is 0 Å². The van der Waals surface area contributed by atoms with E-state index in [1.807, 2.05) is 0 Å². The first-order chi connectivity index (χ1) is 12.9. The Hall–Kier alpha value is -2.61. The number of nitrogens with one attached hydrogen (secondary N) is 2. The Bertz CT molecular complexity index is 919. The normalized spacial score (nSPS) is 16.6. The zero-order chi connectivity index (χ0) is 19.6. The highest BCUT2D eigenvalue weighted by Gasteiger charge is 2.39. The van der Waals surface area contributed by atoms with E-state index in [0.29, 0.717) is 21.5 Å². The lowest BCUT2D eigenvalue weighted by molar-refractivity contribution is -0.121. The number of hydrazine groups is 1. The van der Waals surface area contributed by atoms with Gasteiger partial charge in [-0.1, -0.05) is 29.3 Å². The molecule has 1 fully saturated rings. The average Bonchev–Trinajstić information content (AvgIpc) is 2.93. The van der Waals surface area contributed by atoms with Gasteiger partial charge in [0.15, 0.2) is 0 Å². The molecule has 0 bridgehead atoms. The first-order valence-corrected chi connectivity index (χ1v) is 8.68. The van der Waals surface area contributed by atoms with Gasteiger partial charge in [0.2, 0.25) is 5.91 Å². The molecular formula is C18H15Cl2N3O4. The molecule has 0 aliphatic carbocycles. The fourth-order valence-corrected chi connectivity index (χ4v) is 3.07. The molecule has 1 unspecified atom stereocenters. The van der Waals surface area contributed by atoms with Gasteiger partial charge in [0.1, 0.15) is 11.8 Å². The summed E-state index contributed by atoms with van der Waals surface area (Å²) in [5.41, 5.74) is 5.60. The maximum atomic E-state index is 12.6. The van der Waals surface area contributed by atoms with Crippen molar-refractivity contribution in [2.45, 2.75) is 12.5 Å². The molecule has 1 aliphatic heterocycles. The Morgan fingerprint density at radius 1 is 1.15 bits per heavy atom. The monoisotopic (exact) mass is 407 g/mol. The number of hydrogen-bond donors (Lipinski definition) is 2. The van der Waals surface area contributed by atoms with Crippen molar-refractivity contribution in [3.63, 3.8) is 0 Å². The van der Waals surface area contributed by atoms with E-state index in [9.17, 15) is 14.4 Å². The predicted octanol–water partition coefficient (Wildman–Crippen LogP) is 2.57. The van der Waals surface area contributed by atoms with E-state index in [1.165, 1.54) is 19.2 Å². The standard InChI is InChI=1S/C18H15Cl2N3O4/c1-27-15-6-5-11(20)8-13(15)17(25)22-21-14-9-16(24)23(18(14)26)12-4-2-3-10(19)7-12/h2-8,14,21H,9H2,1H3,(H,22,25). The largest absolute Gasteiger partial charge is 0.496 e. The van der Waals surface area contributed by atoms with Crippen molar-refractivity contribution in [3.8, 4) is 5.75 Å². The van der Waals surface area contributed by atoms with E-state index in [2.05, 4.69) is 10.9 Å². The van der Waals surface area contributed by atoms with Crippen LogP contribution in [0.3, 0.4) is 0 Å². The third kappa shape index (κ3) is 4.05. The summed E-state index contributed by atoms with van der Waals surface area (Å²) in [4.78, 5) is 38.2. The highest BCUT2D eigenvalue weighted by molar-refractivity contribution is 6.31. The molecule has 0 saturated carbocycles. The molecule has 0 radical (unpaired) electrons. The summed E-state index contributed by atoms with van der Waals surface area (Å²) < 4.78 is 5.13. The number of amides is 3. The van der Waals surface area contributed by atoms with Crippen LogP contribution >= 0.6 is 23.2 Å². The Balaban J connectivity index is 1.70. The fourth-order valence-electron chi connectivity index (χ4n) is 2.71. The molecule has 1 heterocycles. The van der Waals surface area contributed by atoms with Crippen molar-refractivity contribution in [2.75, 3.05) is 12.0 Å². The molecule has 1 atom stereocenters. The first-order valence-electron chi connectivity index (χ1n) is 7.92. The number of nitrogens with zero attached hydrogens (tertiary/aromatic N) is 1. The van der Waals surface area contributed by atoms with E-state index < -0.39 is 23.8 Å². The Morgan fingerprint density at radius 3 is 2.59 bits per heavy atom. The highest BCUT2D eigenvalue weighted by Crippen LogP contribution is 2.26. The molecule has 2 N–H and O–H groups in total. The number of ether oxygens (including phenoxy) is 1. The quantitative estimate of drug-likeness (QED) is 0.587. The van der Waals surface area contributed by atoms with Gasteiger partial charge < -0.3 is 4.74 Å². The molecular weight excluding hydrogens is 393 g/mol. The van der Waals surface area contributed by atoms with Crippen LogP contribution in [0.25, 0.3) is 0 Å². The van der Waals surface area contributed by atoms with E-state index in [1.54, 1.807) is 30.3 Å². The molecule has 1 saturated heterocycles. The van der Waals surface area contributed by atoms with Crippen molar-refractivity contribution >= 4 is 46.6 Å². The molecule has 140 valence electrons. The highest BCUT2D eigenvalue weighted by atomic mass is 35.5. The lowest BCUT2D eigenvalue weighted by Crippen LogP contribution is -2.48. The van der Waals surface area contributed by atoms with Crippen LogP contribution in [-0.4, -0.2) is 30.9 Å². The molecule has 1 aliphatic rings. The lowest BCUT2D eigenvalue weighted by Gasteiger charge is -2.16. The number of hydrogen-bond acceptors (Lipinski definition) is 5. The number of rotatable bonds is 5. The van der Waals surface area contributed by atoms with Crippen LogP contribution in [0.4, 0.5) is 5.69 Å². The first kappa shape index (κ1) is 19.2. The van der Waals surface area contributed by atoms with E-state index in [4.69, 9.17) is 27.9 Å². The topological polar surface area (TPSA) is 87.7 Å². The van der Waals surface area contributed by atoms with Crippen molar-refractivity contribution in [1.82, 2.24) is 10.9 Å². The van der Waals surface area contributed by atoms with Crippen LogP contribution in [-0.2, 0) is 9.59 Å². The maximum Gasteiger partial charge on any atom is 0.269 e. The summed E-state index contributed by atoms with van der Waals surface area (Å²) >= 11 is 11.8. The second-order valence-electron chi connectivity index (χ2n) is 5.75. The van der Waals surface area contributed by atoms with Crippen LogP contribution < -0.4 is 20.5 Å². The van der Waals surface area contributed by atoms with Crippen LogP contribution in [0.5, 0.6) is 5.75 Å². The zero-order valence-electron chi connectivity index (χ0n) is 14.2. The van der Waals surface area contributed by atoms with E-state index in [-0.39, 0.29) is 12.0 Å². The summed E-state index contributed by atoms with van der Waals surface area (Å²) in [5.74, 6) is -1.10. The minimum Gasteiger partial charge on any atom is -0.496 e. The van der Waals surface area contributed by atoms with Crippen LogP contribution in [0.2, 0.25) is 10.0 Å². The van der Waals surface area contributed by atoms with Gasteiger partial charge in [0, 0.05) is 10.0 Å². The molecule has 3 amide bonds. The van der Waals surface area contributed by atoms with E-state index in [0.717, 1.165) is 4.90 Å². The molecule has 2 aromatic carbocycles. The summed E-state index contributed by atoms with van der Waals surface area (Å²) in [6, 6.07) is 10.1. The lowest BCUT2D eigenvalue weighted by atomic mass is 10.2. The molecule has 3 rings (SSSR count). The third-order valence-electron chi connectivity index (χ3n) is 3.98. The zero-order valence-corrected chi connectivity index (χ0v) is 15.7. The van der Waals surface area contributed by atoms with Gasteiger partial charge in [0.05, 0.1) is 24.8 Å². The second-order valence-corrected chi connectivity index (χ2v) is 6.62. The number of anilines is 1. The van der Waals surface area contributed by atoms with Gasteiger partial charge in [-0.15, -0.1) is 0 Å². The summed E-state index contributed by atoms with van der Waals surface area (Å²) in [6.45, 7) is 0. The number of halogens is 2. The number of carbonyl (C=O) groups excluding carboxylic acids is 3. The molecule has 7 nitrogen and oxygen atoms in total. The fraction of sp³-hybridized carbons (Fsp3) is 0.167. The third-order valence-corrected chi connectivity index (χ3v) is 4.45. The number of methoxy groups -OCH3 is 1. The van der Waals surface area contributed by atoms with Crippen LogP contribution in [0, 0.1) is 0 Å². The number of benzene rings is 2. The van der Waals surface area contributed by atoms with E-state index >= 15 is 0 Å². The van der Waals surface area contributed by atoms with Gasteiger partial charge in [-0.05, 0) is 36.4 Å². The Labute approximate surface area is 165 Å². The maximum absolute atomic E-state index is 12.6. The molecule has 0 spiro atoms. The van der Waals surface area contributed by atoms with Gasteiger partial charge in [-0.25, -0.2) is 10.3 Å². The minimum atomic E-state index is -0.898. The van der Waals surface area contributed by atoms with Crippen LogP contribution in [0.15, 0.2) is 42.5 Å². The van der Waals surface area contributed by atoms with Crippen molar-refractivity contribution in [1.29, 1.82) is 0 Å². The van der Waals surface area contributed by atoms with Gasteiger partial charge in [0.25, 0.3) is 11.8 Å². The molecule has 9 heteroatoms. The summed E-state index contributed by atoms with van der Waals surface area (Å²) in [6.07, 6.45) is -0.0989. The van der Waals surface area contributed by atoms with Crippen molar-refractivity contribution in [2.24, 2.45) is 0 Å². The van der Waals surface area contributed by atoms with Crippen molar-refractivity contribution in [3.05, 3.63) is 58.1 Å². The molecule has 2 aromatic rings. The summed E-state index contributed by atoms with van der Waals surface area (Å²) in [7, 11) is 1.43. The smallest absolute Gasteiger partial charge is 0.269 e. The molecule has 27 heavy (non-hydrogen) atoms. The van der Waals surface area contributed by atoms with Gasteiger partial charge in [-0.3, -0.25) is 19.8 Å². The molecule has 0 aromatic heterocycles. The Kier molecular flexibility index (Phi) is 5.65.